The third kappa shape index (κ3) is 6.24. The summed E-state index contributed by atoms with van der Waals surface area (Å²) >= 11 is 0. The minimum absolute atomic E-state index is 0.151. The summed E-state index contributed by atoms with van der Waals surface area (Å²) in [6, 6.07) is 18.4. The Balaban J connectivity index is 1.42. The minimum atomic E-state index is -4.39. The number of carbonyl (C=O) groups excluding carboxylic acids is 2. The molecule has 0 aliphatic carbocycles. The molecular weight excluding hydrogens is 517 g/mol. The first-order valence-electron chi connectivity index (χ1n) is 13.7. The van der Waals surface area contributed by atoms with E-state index in [-0.39, 0.29) is 18.5 Å². The number of nitrogens with one attached hydrogen (secondary N) is 1. The maximum Gasteiger partial charge on any atom is 0.416 e. The van der Waals surface area contributed by atoms with Crippen molar-refractivity contribution in [2.24, 2.45) is 5.73 Å². The number of amides is 3. The zero-order valence-electron chi connectivity index (χ0n) is 22.2. The van der Waals surface area contributed by atoms with Crippen molar-refractivity contribution in [2.45, 2.75) is 50.9 Å². The van der Waals surface area contributed by atoms with Gasteiger partial charge in [0.15, 0.2) is 0 Å². The molecule has 6 nitrogen and oxygen atoms in total. The van der Waals surface area contributed by atoms with E-state index in [2.05, 4.69) is 22.3 Å². The Morgan fingerprint density at radius 2 is 1.65 bits per heavy atom. The smallest absolute Gasteiger partial charge is 0.372 e. The maximum atomic E-state index is 13.4. The van der Waals surface area contributed by atoms with Crippen LogP contribution in [0.3, 0.4) is 0 Å². The van der Waals surface area contributed by atoms with Gasteiger partial charge in [-0.25, -0.2) is 4.79 Å². The molecule has 1 saturated heterocycles. The number of urea groups is 1. The standard InChI is InChI=1S/C31H33F3N4O2/c32-31(33,34)24-10-8-21(9-11-24)27-19-25(37-15-4-5-16-37)18-23-20-38(17-14-26(23)27)30(40)36-28(12-13-29(35)39)22-6-2-1-3-7-22/h1-3,6-11,18-19,28H,4-5,12-17,20H2,(H2,35,39)(H,36,40)/t28-/m0/s1. The molecule has 5 rings (SSSR count). The van der Waals surface area contributed by atoms with E-state index in [1.807, 2.05) is 30.3 Å². The molecule has 1 fully saturated rings. The number of halogens is 3. The summed E-state index contributed by atoms with van der Waals surface area (Å²) in [5, 5.41) is 3.09. The highest BCUT2D eigenvalue weighted by Gasteiger charge is 2.31. The molecule has 3 aromatic carbocycles. The fourth-order valence-electron chi connectivity index (χ4n) is 5.65. The van der Waals surface area contributed by atoms with Crippen molar-refractivity contribution in [1.29, 1.82) is 0 Å². The molecule has 0 unspecified atom stereocenters. The molecule has 0 aromatic heterocycles. The lowest BCUT2D eigenvalue weighted by atomic mass is 9.89. The van der Waals surface area contributed by atoms with Gasteiger partial charge in [0.2, 0.25) is 5.91 Å². The van der Waals surface area contributed by atoms with Crippen LogP contribution in [-0.4, -0.2) is 36.5 Å². The molecule has 2 aliphatic rings. The molecule has 40 heavy (non-hydrogen) atoms. The molecule has 9 heteroatoms. The Kier molecular flexibility index (Phi) is 8.00. The van der Waals surface area contributed by atoms with E-state index in [9.17, 15) is 22.8 Å². The monoisotopic (exact) mass is 550 g/mol. The maximum absolute atomic E-state index is 13.4. The highest BCUT2D eigenvalue weighted by Crippen LogP contribution is 2.37. The number of nitrogens with zero attached hydrogens (tertiary/aromatic N) is 2. The molecule has 3 amide bonds. The van der Waals surface area contributed by atoms with Gasteiger partial charge in [-0.2, -0.15) is 13.2 Å². The van der Waals surface area contributed by atoms with E-state index < -0.39 is 17.6 Å². The average Bonchev–Trinajstić information content (AvgIpc) is 3.49. The SMILES string of the molecule is NC(=O)CC[C@H](NC(=O)N1CCc2c(cc(N3CCCC3)cc2-c2ccc(C(F)(F)F)cc2)C1)c1ccccc1. The zero-order valence-corrected chi connectivity index (χ0v) is 22.2. The molecule has 210 valence electrons. The fraction of sp³-hybridized carbons (Fsp3) is 0.355. The Bertz CT molecular complexity index is 1350. The van der Waals surface area contributed by atoms with Crippen LogP contribution >= 0.6 is 0 Å². The topological polar surface area (TPSA) is 78.7 Å². The molecule has 0 radical (unpaired) electrons. The van der Waals surface area contributed by atoms with Crippen molar-refractivity contribution >= 4 is 17.6 Å². The number of carbonyl (C=O) groups is 2. The minimum Gasteiger partial charge on any atom is -0.372 e. The van der Waals surface area contributed by atoms with Crippen molar-refractivity contribution < 1.29 is 22.8 Å². The molecular formula is C31H33F3N4O2. The van der Waals surface area contributed by atoms with E-state index in [1.165, 1.54) is 12.1 Å². The zero-order chi connectivity index (χ0) is 28.3. The Labute approximate surface area is 232 Å². The summed E-state index contributed by atoms with van der Waals surface area (Å²) in [6.45, 7) is 2.70. The highest BCUT2D eigenvalue weighted by molar-refractivity contribution is 5.78. The number of rotatable bonds is 7. The highest BCUT2D eigenvalue weighted by atomic mass is 19.4. The van der Waals surface area contributed by atoms with Crippen LogP contribution in [0.1, 0.15) is 54.0 Å². The first-order valence-corrected chi connectivity index (χ1v) is 13.7. The Morgan fingerprint density at radius 3 is 2.30 bits per heavy atom. The van der Waals surface area contributed by atoms with Gasteiger partial charge in [0.1, 0.15) is 0 Å². The third-order valence-corrected chi connectivity index (χ3v) is 7.78. The first-order chi connectivity index (χ1) is 19.2. The van der Waals surface area contributed by atoms with E-state index in [0.29, 0.717) is 25.9 Å². The van der Waals surface area contributed by atoms with Gasteiger partial charge in [-0.05, 0) is 77.8 Å². The van der Waals surface area contributed by atoms with Crippen LogP contribution in [0, 0.1) is 0 Å². The van der Waals surface area contributed by atoms with E-state index >= 15 is 0 Å². The summed E-state index contributed by atoms with van der Waals surface area (Å²) in [4.78, 5) is 29.0. The second-order valence-electron chi connectivity index (χ2n) is 10.5. The van der Waals surface area contributed by atoms with Gasteiger partial charge in [-0.3, -0.25) is 4.79 Å². The summed E-state index contributed by atoms with van der Waals surface area (Å²) in [7, 11) is 0. The fourth-order valence-corrected chi connectivity index (χ4v) is 5.65. The molecule has 0 bridgehead atoms. The van der Waals surface area contributed by atoms with Crippen LogP contribution < -0.4 is 16.0 Å². The number of benzene rings is 3. The van der Waals surface area contributed by atoms with Crippen molar-refractivity contribution in [3.63, 3.8) is 0 Å². The predicted molar refractivity (Wildman–Crippen MR) is 149 cm³/mol. The van der Waals surface area contributed by atoms with Gasteiger partial charge in [0, 0.05) is 38.3 Å². The number of fused-ring (bicyclic) bond motifs is 1. The van der Waals surface area contributed by atoms with Crippen LogP contribution in [0.15, 0.2) is 66.7 Å². The van der Waals surface area contributed by atoms with Crippen LogP contribution in [-0.2, 0) is 23.9 Å². The van der Waals surface area contributed by atoms with Gasteiger partial charge in [0.25, 0.3) is 0 Å². The summed E-state index contributed by atoms with van der Waals surface area (Å²) in [5.74, 6) is -0.424. The van der Waals surface area contributed by atoms with Gasteiger partial charge < -0.3 is 20.9 Å². The lowest BCUT2D eigenvalue weighted by Crippen LogP contribution is -2.44. The molecule has 2 heterocycles. The molecule has 1 atom stereocenters. The molecule has 3 N–H and O–H groups in total. The van der Waals surface area contributed by atoms with Crippen LogP contribution in [0.5, 0.6) is 0 Å². The van der Waals surface area contributed by atoms with Gasteiger partial charge >= 0.3 is 12.2 Å². The second-order valence-corrected chi connectivity index (χ2v) is 10.5. The summed E-state index contributed by atoms with van der Waals surface area (Å²) in [6.07, 6.45) is -1.08. The van der Waals surface area contributed by atoms with Crippen LogP contribution in [0.2, 0.25) is 0 Å². The number of alkyl halides is 3. The van der Waals surface area contributed by atoms with Crippen molar-refractivity contribution in [3.8, 4) is 11.1 Å². The predicted octanol–water partition coefficient (Wildman–Crippen LogP) is 6.05. The lowest BCUT2D eigenvalue weighted by molar-refractivity contribution is -0.137. The largest absolute Gasteiger partial charge is 0.416 e. The molecule has 3 aromatic rings. The van der Waals surface area contributed by atoms with E-state index in [4.69, 9.17) is 5.73 Å². The molecule has 2 aliphatic heterocycles. The summed E-state index contributed by atoms with van der Waals surface area (Å²) < 4.78 is 39.6. The number of nitrogens with two attached hydrogens (primary N) is 1. The van der Waals surface area contributed by atoms with Crippen LogP contribution in [0.25, 0.3) is 11.1 Å². The lowest BCUT2D eigenvalue weighted by Gasteiger charge is -2.33. The normalized spacial score (nSPS) is 16.0. The van der Waals surface area contributed by atoms with Crippen molar-refractivity contribution in [2.75, 3.05) is 24.5 Å². The molecule has 0 saturated carbocycles. The van der Waals surface area contributed by atoms with Crippen molar-refractivity contribution in [1.82, 2.24) is 10.2 Å². The van der Waals surface area contributed by atoms with Crippen molar-refractivity contribution in [3.05, 3.63) is 89.0 Å². The number of hydrogen-bond donors (Lipinski definition) is 2. The van der Waals surface area contributed by atoms with Gasteiger partial charge in [0.05, 0.1) is 11.6 Å². The van der Waals surface area contributed by atoms with Gasteiger partial charge in [-0.1, -0.05) is 42.5 Å². The first kappa shape index (κ1) is 27.6. The van der Waals surface area contributed by atoms with E-state index in [1.54, 1.807) is 4.90 Å². The number of hydrogen-bond acceptors (Lipinski definition) is 3. The van der Waals surface area contributed by atoms with Gasteiger partial charge in [-0.15, -0.1) is 0 Å². The average molecular weight is 551 g/mol. The quantitative estimate of drug-likeness (QED) is 0.376. The molecule has 0 spiro atoms. The third-order valence-electron chi connectivity index (χ3n) is 7.78. The summed E-state index contributed by atoms with van der Waals surface area (Å²) in [5.41, 5.74) is 10.3. The number of anilines is 1. The number of primary amides is 1. The van der Waals surface area contributed by atoms with Crippen LogP contribution in [0.4, 0.5) is 23.7 Å². The van der Waals surface area contributed by atoms with E-state index in [0.717, 1.165) is 71.6 Å². The Hall–Kier alpha value is -4.01. The second kappa shape index (κ2) is 11.6. The Morgan fingerprint density at radius 1 is 0.950 bits per heavy atom.